The highest BCUT2D eigenvalue weighted by Gasteiger charge is 2.20. The maximum atomic E-state index is 14.5. The SMILES string of the molecule is Oc1cc(C(Nc2ccccn2)c2ccccc2F)cc2cccnc12. The number of phenolic OH excluding ortho intramolecular Hbond substituents is 1. The smallest absolute Gasteiger partial charge is 0.142 e. The van der Waals surface area contributed by atoms with Crippen molar-refractivity contribution in [2.45, 2.75) is 6.04 Å². The molecule has 26 heavy (non-hydrogen) atoms. The van der Waals surface area contributed by atoms with Gasteiger partial charge in [-0.15, -0.1) is 0 Å². The third kappa shape index (κ3) is 3.07. The molecule has 0 saturated heterocycles. The topological polar surface area (TPSA) is 58.0 Å². The Bertz CT molecular complexity index is 1050. The average Bonchev–Trinajstić information content (AvgIpc) is 2.68. The minimum Gasteiger partial charge on any atom is -0.506 e. The van der Waals surface area contributed by atoms with Crippen molar-refractivity contribution in [1.82, 2.24) is 9.97 Å². The van der Waals surface area contributed by atoms with E-state index in [1.54, 1.807) is 42.7 Å². The van der Waals surface area contributed by atoms with Gasteiger partial charge in [-0.05, 0) is 42.0 Å². The highest BCUT2D eigenvalue weighted by atomic mass is 19.1. The number of pyridine rings is 2. The first-order valence-corrected chi connectivity index (χ1v) is 8.22. The summed E-state index contributed by atoms with van der Waals surface area (Å²) >= 11 is 0. The highest BCUT2D eigenvalue weighted by Crippen LogP contribution is 2.33. The third-order valence-corrected chi connectivity index (χ3v) is 4.21. The van der Waals surface area contributed by atoms with Crippen molar-refractivity contribution in [1.29, 1.82) is 0 Å². The van der Waals surface area contributed by atoms with Crippen molar-refractivity contribution >= 4 is 16.7 Å². The van der Waals surface area contributed by atoms with Gasteiger partial charge in [0, 0.05) is 23.3 Å². The first kappa shape index (κ1) is 16.0. The minimum atomic E-state index is -0.512. The van der Waals surface area contributed by atoms with Crippen molar-refractivity contribution in [3.8, 4) is 5.75 Å². The predicted molar refractivity (Wildman–Crippen MR) is 99.5 cm³/mol. The number of hydrogen-bond acceptors (Lipinski definition) is 4. The Balaban J connectivity index is 1.86. The lowest BCUT2D eigenvalue weighted by molar-refractivity contribution is 0.479. The molecule has 4 rings (SSSR count). The van der Waals surface area contributed by atoms with Crippen LogP contribution in [0.3, 0.4) is 0 Å². The van der Waals surface area contributed by atoms with Gasteiger partial charge in [-0.2, -0.15) is 0 Å². The van der Waals surface area contributed by atoms with E-state index in [9.17, 15) is 9.50 Å². The lowest BCUT2D eigenvalue weighted by Crippen LogP contribution is -2.14. The summed E-state index contributed by atoms with van der Waals surface area (Å²) in [5.41, 5.74) is 1.71. The number of fused-ring (bicyclic) bond motifs is 1. The third-order valence-electron chi connectivity index (χ3n) is 4.21. The Morgan fingerprint density at radius 1 is 0.885 bits per heavy atom. The van der Waals surface area contributed by atoms with Gasteiger partial charge in [-0.25, -0.2) is 9.37 Å². The van der Waals surface area contributed by atoms with Gasteiger partial charge in [0.2, 0.25) is 0 Å². The maximum absolute atomic E-state index is 14.5. The number of anilines is 1. The summed E-state index contributed by atoms with van der Waals surface area (Å²) in [5, 5.41) is 14.4. The molecule has 5 heteroatoms. The molecule has 4 nitrogen and oxygen atoms in total. The largest absolute Gasteiger partial charge is 0.506 e. The Morgan fingerprint density at radius 2 is 1.69 bits per heavy atom. The number of rotatable bonds is 4. The van der Waals surface area contributed by atoms with E-state index in [1.807, 2.05) is 30.3 Å². The fourth-order valence-corrected chi connectivity index (χ4v) is 3.01. The second-order valence-electron chi connectivity index (χ2n) is 5.93. The van der Waals surface area contributed by atoms with Crippen molar-refractivity contribution in [2.75, 3.05) is 5.32 Å². The van der Waals surface area contributed by atoms with Crippen LogP contribution in [0.15, 0.2) is 79.1 Å². The zero-order chi connectivity index (χ0) is 17.9. The summed E-state index contributed by atoms with van der Waals surface area (Å²) < 4.78 is 14.5. The van der Waals surface area contributed by atoms with Crippen molar-refractivity contribution in [2.24, 2.45) is 0 Å². The second kappa shape index (κ2) is 6.80. The van der Waals surface area contributed by atoms with Gasteiger partial charge in [-0.3, -0.25) is 4.98 Å². The normalized spacial score (nSPS) is 12.0. The molecule has 0 aliphatic rings. The monoisotopic (exact) mass is 345 g/mol. The number of hydrogen-bond donors (Lipinski definition) is 2. The molecule has 2 aromatic carbocycles. The van der Waals surface area contributed by atoms with Gasteiger partial charge < -0.3 is 10.4 Å². The van der Waals surface area contributed by atoms with E-state index in [-0.39, 0.29) is 11.6 Å². The molecular weight excluding hydrogens is 329 g/mol. The summed E-state index contributed by atoms with van der Waals surface area (Å²) in [7, 11) is 0. The first-order valence-electron chi connectivity index (χ1n) is 8.22. The Hall–Kier alpha value is -3.47. The van der Waals surface area contributed by atoms with Gasteiger partial charge in [0.15, 0.2) is 0 Å². The molecule has 2 N–H and O–H groups in total. The van der Waals surface area contributed by atoms with Crippen molar-refractivity contribution in [3.05, 3.63) is 96.1 Å². The quantitative estimate of drug-likeness (QED) is 0.564. The predicted octanol–water partition coefficient (Wildman–Crippen LogP) is 4.68. The molecular formula is C21H16FN3O. The summed E-state index contributed by atoms with van der Waals surface area (Å²) in [6, 6.07) is 18.7. The number of benzene rings is 2. The minimum absolute atomic E-state index is 0.0576. The maximum Gasteiger partial charge on any atom is 0.142 e. The molecule has 2 heterocycles. The molecule has 128 valence electrons. The van der Waals surface area contributed by atoms with Crippen LogP contribution in [-0.2, 0) is 0 Å². The van der Waals surface area contributed by atoms with Crippen LogP contribution in [0.4, 0.5) is 10.2 Å². The molecule has 0 bridgehead atoms. The standard InChI is InChI=1S/C21H16FN3O/c22-17-8-2-1-7-16(17)20(25-19-9-3-4-10-23-19)15-12-14-6-5-11-24-21(14)18(26)13-15/h1-13,20,26H,(H,23,25). The Kier molecular flexibility index (Phi) is 4.19. The van der Waals surface area contributed by atoms with Gasteiger partial charge >= 0.3 is 0 Å². The average molecular weight is 345 g/mol. The van der Waals surface area contributed by atoms with Crippen LogP contribution in [0.25, 0.3) is 10.9 Å². The molecule has 0 saturated carbocycles. The molecule has 0 aliphatic carbocycles. The van der Waals surface area contributed by atoms with Crippen LogP contribution in [-0.4, -0.2) is 15.1 Å². The second-order valence-corrected chi connectivity index (χ2v) is 5.93. The Morgan fingerprint density at radius 3 is 2.50 bits per heavy atom. The molecule has 0 fully saturated rings. The number of aromatic hydroxyl groups is 1. The number of aromatic nitrogens is 2. The number of nitrogens with one attached hydrogen (secondary N) is 1. The highest BCUT2D eigenvalue weighted by molar-refractivity contribution is 5.85. The zero-order valence-electron chi connectivity index (χ0n) is 13.8. The zero-order valence-corrected chi connectivity index (χ0v) is 13.8. The number of phenols is 1. The van der Waals surface area contributed by atoms with Crippen molar-refractivity contribution < 1.29 is 9.50 Å². The van der Waals surface area contributed by atoms with Crippen LogP contribution in [0.2, 0.25) is 0 Å². The van der Waals surface area contributed by atoms with E-state index in [2.05, 4.69) is 15.3 Å². The number of halogens is 1. The van der Waals surface area contributed by atoms with E-state index in [1.165, 1.54) is 6.07 Å². The molecule has 0 radical (unpaired) electrons. The molecule has 0 amide bonds. The summed E-state index contributed by atoms with van der Waals surface area (Å²) in [4.78, 5) is 8.47. The Labute approximate surface area is 150 Å². The molecule has 0 aliphatic heterocycles. The van der Waals surface area contributed by atoms with Gasteiger partial charge in [0.05, 0.1) is 6.04 Å². The fourth-order valence-electron chi connectivity index (χ4n) is 3.01. The van der Waals surface area contributed by atoms with Crippen LogP contribution in [0.1, 0.15) is 17.2 Å². The lowest BCUT2D eigenvalue weighted by atomic mass is 9.96. The van der Waals surface area contributed by atoms with E-state index in [0.29, 0.717) is 16.9 Å². The molecule has 4 aromatic rings. The van der Waals surface area contributed by atoms with E-state index < -0.39 is 6.04 Å². The van der Waals surface area contributed by atoms with Gasteiger partial charge in [0.1, 0.15) is 22.9 Å². The lowest BCUT2D eigenvalue weighted by Gasteiger charge is -2.21. The van der Waals surface area contributed by atoms with Crippen molar-refractivity contribution in [3.63, 3.8) is 0 Å². The van der Waals surface area contributed by atoms with Crippen LogP contribution < -0.4 is 5.32 Å². The van der Waals surface area contributed by atoms with E-state index in [0.717, 1.165) is 10.9 Å². The van der Waals surface area contributed by atoms with Gasteiger partial charge in [-0.1, -0.05) is 30.3 Å². The van der Waals surface area contributed by atoms with E-state index >= 15 is 0 Å². The summed E-state index contributed by atoms with van der Waals surface area (Å²) in [5.74, 6) is 0.348. The summed E-state index contributed by atoms with van der Waals surface area (Å²) in [6.07, 6.45) is 3.30. The van der Waals surface area contributed by atoms with Crippen LogP contribution >= 0.6 is 0 Å². The molecule has 0 spiro atoms. The fraction of sp³-hybridized carbons (Fsp3) is 0.0476. The van der Waals surface area contributed by atoms with Gasteiger partial charge in [0.25, 0.3) is 0 Å². The van der Waals surface area contributed by atoms with Crippen LogP contribution in [0.5, 0.6) is 5.75 Å². The number of nitrogens with zero attached hydrogens (tertiary/aromatic N) is 2. The van der Waals surface area contributed by atoms with E-state index in [4.69, 9.17) is 0 Å². The molecule has 1 unspecified atom stereocenters. The van der Waals surface area contributed by atoms with Crippen LogP contribution in [0, 0.1) is 5.82 Å². The first-order chi connectivity index (χ1) is 12.7. The summed E-state index contributed by atoms with van der Waals surface area (Å²) in [6.45, 7) is 0. The molecule has 1 atom stereocenters. The molecule has 2 aromatic heterocycles.